The standard InChI is InChI=1S/C8H10N2O2/c1-12-8(11)6-2-4-7(10-9)5-3-6/h2-5,10H,9H2,1H3/p+1. The monoisotopic (exact) mass is 167 g/mol. The third kappa shape index (κ3) is 1.81. The van der Waals surface area contributed by atoms with Crippen molar-refractivity contribution in [1.29, 1.82) is 0 Å². The van der Waals surface area contributed by atoms with Crippen LogP contribution in [-0.2, 0) is 4.74 Å². The van der Waals surface area contributed by atoms with Crippen LogP contribution in [0.5, 0.6) is 0 Å². The van der Waals surface area contributed by atoms with Crippen molar-refractivity contribution >= 4 is 11.7 Å². The van der Waals surface area contributed by atoms with Gasteiger partial charge in [0.05, 0.1) is 12.7 Å². The van der Waals surface area contributed by atoms with Crippen LogP contribution < -0.4 is 11.3 Å². The van der Waals surface area contributed by atoms with Crippen LogP contribution in [0.3, 0.4) is 0 Å². The summed E-state index contributed by atoms with van der Waals surface area (Å²) >= 11 is 0. The zero-order valence-corrected chi connectivity index (χ0v) is 6.78. The van der Waals surface area contributed by atoms with Gasteiger partial charge in [-0.3, -0.25) is 0 Å². The number of carbonyl (C=O) groups excluding carboxylic acids is 1. The van der Waals surface area contributed by atoms with Crippen LogP contribution in [0.2, 0.25) is 0 Å². The highest BCUT2D eigenvalue weighted by Crippen LogP contribution is 2.04. The van der Waals surface area contributed by atoms with E-state index < -0.39 is 0 Å². The SMILES string of the molecule is COC(=O)c1ccc([NH2+]N)cc1. The van der Waals surface area contributed by atoms with Crippen molar-refractivity contribution in [1.82, 2.24) is 0 Å². The van der Waals surface area contributed by atoms with Gasteiger partial charge in [0.2, 0.25) is 0 Å². The van der Waals surface area contributed by atoms with E-state index in [1.165, 1.54) is 12.5 Å². The number of hydrogen-bond acceptors (Lipinski definition) is 3. The molecule has 0 aliphatic carbocycles. The van der Waals surface area contributed by atoms with Gasteiger partial charge in [-0.2, -0.15) is 5.84 Å². The molecule has 0 radical (unpaired) electrons. The van der Waals surface area contributed by atoms with Gasteiger partial charge in [-0.05, 0) is 12.1 Å². The van der Waals surface area contributed by atoms with Crippen LogP contribution in [-0.4, -0.2) is 13.1 Å². The van der Waals surface area contributed by atoms with Gasteiger partial charge in [0.15, 0.2) is 0 Å². The molecule has 0 atom stereocenters. The zero-order valence-electron chi connectivity index (χ0n) is 6.78. The molecule has 4 nitrogen and oxygen atoms in total. The van der Waals surface area contributed by atoms with E-state index in [1.807, 2.05) is 0 Å². The highest BCUT2D eigenvalue weighted by molar-refractivity contribution is 5.89. The minimum absolute atomic E-state index is 0.335. The molecule has 0 saturated carbocycles. The second-order valence-corrected chi connectivity index (χ2v) is 2.28. The van der Waals surface area contributed by atoms with Gasteiger partial charge in [-0.25, -0.2) is 10.2 Å². The average molecular weight is 167 g/mol. The summed E-state index contributed by atoms with van der Waals surface area (Å²) in [6, 6.07) is 6.85. The van der Waals surface area contributed by atoms with E-state index in [4.69, 9.17) is 5.84 Å². The highest BCUT2D eigenvalue weighted by atomic mass is 16.5. The van der Waals surface area contributed by atoms with Crippen LogP contribution >= 0.6 is 0 Å². The van der Waals surface area contributed by atoms with E-state index in [0.29, 0.717) is 5.56 Å². The number of quaternary nitrogens is 1. The number of esters is 1. The molecular weight excluding hydrogens is 156 g/mol. The Labute approximate surface area is 70.3 Å². The fraction of sp³-hybridized carbons (Fsp3) is 0.125. The van der Waals surface area contributed by atoms with Crippen LogP contribution in [0.4, 0.5) is 5.69 Å². The molecule has 12 heavy (non-hydrogen) atoms. The first-order valence-electron chi connectivity index (χ1n) is 3.51. The molecule has 1 aromatic rings. The number of rotatable bonds is 2. The summed E-state index contributed by atoms with van der Waals surface area (Å²) in [4.78, 5) is 10.9. The van der Waals surface area contributed by atoms with E-state index in [-0.39, 0.29) is 5.97 Å². The quantitative estimate of drug-likeness (QED) is 0.271. The lowest BCUT2D eigenvalue weighted by Crippen LogP contribution is -2.85. The van der Waals surface area contributed by atoms with Crippen molar-refractivity contribution in [2.75, 3.05) is 7.11 Å². The smallest absolute Gasteiger partial charge is 0.337 e. The Bertz CT molecular complexity index is 269. The van der Waals surface area contributed by atoms with Gasteiger partial charge in [0, 0.05) is 12.1 Å². The number of methoxy groups -OCH3 is 1. The first-order valence-corrected chi connectivity index (χ1v) is 3.51. The van der Waals surface area contributed by atoms with E-state index >= 15 is 0 Å². The van der Waals surface area contributed by atoms with Gasteiger partial charge in [-0.1, -0.05) is 0 Å². The predicted molar refractivity (Wildman–Crippen MR) is 43.6 cm³/mol. The first-order chi connectivity index (χ1) is 5.77. The molecule has 0 aromatic heterocycles. The van der Waals surface area contributed by atoms with Crippen LogP contribution in [0.25, 0.3) is 0 Å². The maximum absolute atomic E-state index is 10.9. The van der Waals surface area contributed by atoms with Crippen molar-refractivity contribution in [3.8, 4) is 0 Å². The number of carbonyl (C=O) groups is 1. The first kappa shape index (κ1) is 8.70. The molecule has 0 bridgehead atoms. The van der Waals surface area contributed by atoms with Gasteiger partial charge in [0.25, 0.3) is 0 Å². The summed E-state index contributed by atoms with van der Waals surface area (Å²) in [5, 5.41) is 0. The van der Waals surface area contributed by atoms with Crippen LogP contribution in [0, 0.1) is 0 Å². The van der Waals surface area contributed by atoms with Gasteiger partial charge >= 0.3 is 5.97 Å². The van der Waals surface area contributed by atoms with Crippen molar-refractivity contribution in [2.24, 2.45) is 5.84 Å². The topological polar surface area (TPSA) is 68.9 Å². The molecule has 0 aliphatic rings. The second-order valence-electron chi connectivity index (χ2n) is 2.28. The lowest BCUT2D eigenvalue weighted by Gasteiger charge is -1.98. The number of ether oxygens (including phenoxy) is 1. The van der Waals surface area contributed by atoms with Crippen LogP contribution in [0.1, 0.15) is 10.4 Å². The van der Waals surface area contributed by atoms with Gasteiger partial charge in [0.1, 0.15) is 5.69 Å². The Balaban J connectivity index is 2.84. The second kappa shape index (κ2) is 3.85. The Hall–Kier alpha value is -1.39. The Morgan fingerprint density at radius 3 is 2.42 bits per heavy atom. The largest absolute Gasteiger partial charge is 0.465 e. The minimum atomic E-state index is -0.335. The molecule has 0 fully saturated rings. The highest BCUT2D eigenvalue weighted by Gasteiger charge is 2.04. The zero-order chi connectivity index (χ0) is 8.97. The molecule has 0 spiro atoms. The molecule has 1 rings (SSSR count). The Kier molecular flexibility index (Phi) is 2.79. The molecule has 1 aromatic carbocycles. The summed E-state index contributed by atoms with van der Waals surface area (Å²) in [6.45, 7) is 0. The summed E-state index contributed by atoms with van der Waals surface area (Å²) in [5.41, 5.74) is 2.88. The van der Waals surface area contributed by atoms with Crippen molar-refractivity contribution in [2.45, 2.75) is 0 Å². The number of nitrogens with two attached hydrogens (primary N) is 2. The molecule has 4 heteroatoms. The van der Waals surface area contributed by atoms with Crippen molar-refractivity contribution in [3.05, 3.63) is 29.8 Å². The Morgan fingerprint density at radius 2 is 2.00 bits per heavy atom. The van der Waals surface area contributed by atoms with E-state index in [2.05, 4.69) is 4.74 Å². The molecular formula is C8H11N2O2+. The minimum Gasteiger partial charge on any atom is -0.465 e. The molecule has 64 valence electrons. The van der Waals surface area contributed by atoms with Crippen molar-refractivity contribution in [3.63, 3.8) is 0 Å². The predicted octanol–water partition coefficient (Wildman–Crippen LogP) is -0.458. The van der Waals surface area contributed by atoms with Gasteiger partial charge < -0.3 is 4.74 Å². The van der Waals surface area contributed by atoms with E-state index in [0.717, 1.165) is 5.69 Å². The van der Waals surface area contributed by atoms with E-state index in [9.17, 15) is 4.79 Å². The fourth-order valence-electron chi connectivity index (χ4n) is 0.848. The third-order valence-corrected chi connectivity index (χ3v) is 1.52. The maximum Gasteiger partial charge on any atom is 0.337 e. The normalized spacial score (nSPS) is 9.50. The molecule has 0 aliphatic heterocycles. The number of benzene rings is 1. The molecule has 4 N–H and O–H groups in total. The lowest BCUT2D eigenvalue weighted by atomic mass is 10.2. The molecule has 0 heterocycles. The summed E-state index contributed by atoms with van der Waals surface area (Å²) in [5.74, 6) is 4.93. The molecule has 0 amide bonds. The summed E-state index contributed by atoms with van der Waals surface area (Å²) in [7, 11) is 1.35. The van der Waals surface area contributed by atoms with E-state index in [1.54, 1.807) is 24.3 Å². The average Bonchev–Trinajstić information content (AvgIpc) is 2.17. The molecule has 0 saturated heterocycles. The fourth-order valence-corrected chi connectivity index (χ4v) is 0.848. The summed E-state index contributed by atoms with van der Waals surface area (Å²) < 4.78 is 4.53. The van der Waals surface area contributed by atoms with Crippen LogP contribution in [0.15, 0.2) is 24.3 Å². The van der Waals surface area contributed by atoms with Crippen molar-refractivity contribution < 1.29 is 15.0 Å². The maximum atomic E-state index is 10.9. The molecule has 0 unspecified atom stereocenters. The number of hydrogen-bond donors (Lipinski definition) is 2. The lowest BCUT2D eigenvalue weighted by molar-refractivity contribution is -0.584. The summed E-state index contributed by atoms with van der Waals surface area (Å²) in [6.07, 6.45) is 0. The van der Waals surface area contributed by atoms with Gasteiger partial charge in [-0.15, -0.1) is 0 Å². The third-order valence-electron chi connectivity index (χ3n) is 1.52. The Morgan fingerprint density at radius 1 is 1.42 bits per heavy atom.